The zero-order valence-electron chi connectivity index (χ0n) is 15.7. The van der Waals surface area contributed by atoms with E-state index in [4.69, 9.17) is 19.9 Å². The van der Waals surface area contributed by atoms with Crippen LogP contribution in [0, 0.1) is 0 Å². The molecule has 3 heterocycles. The number of carbonyl (C=O) groups is 2. The summed E-state index contributed by atoms with van der Waals surface area (Å²) < 4.78 is 14.5. The van der Waals surface area contributed by atoms with Gasteiger partial charge in [-0.1, -0.05) is 0 Å². The minimum Gasteiger partial charge on any atom is -0.447 e. The summed E-state index contributed by atoms with van der Waals surface area (Å²) in [6, 6.07) is 0. The van der Waals surface area contributed by atoms with E-state index in [1.165, 1.54) is 0 Å². The summed E-state index contributed by atoms with van der Waals surface area (Å²) in [4.78, 5) is 41.2. The molecule has 1 atom stereocenters. The van der Waals surface area contributed by atoms with Crippen LogP contribution >= 0.6 is 0 Å². The Morgan fingerprint density at radius 3 is 2.54 bits per heavy atom. The number of aromatic nitrogens is 2. The Hall–Kier alpha value is -3.22. The van der Waals surface area contributed by atoms with E-state index in [0.717, 1.165) is 6.61 Å². The largest absolute Gasteiger partial charge is 0.447 e. The fourth-order valence-corrected chi connectivity index (χ4v) is 2.08. The maximum atomic E-state index is 11.5. The molecule has 0 bridgehead atoms. The number of nitrogen functional groups attached to an aromatic ring is 1. The number of epoxide rings is 1. The minimum atomic E-state index is -0.524. The highest BCUT2D eigenvalue weighted by Crippen LogP contribution is 2.24. The van der Waals surface area contributed by atoms with Crippen LogP contribution in [-0.4, -0.2) is 68.0 Å². The predicted molar refractivity (Wildman–Crippen MR) is 100 cm³/mol. The Kier molecular flexibility index (Phi) is 7.68. The molecule has 0 saturated carbocycles. The number of anilines is 3. The van der Waals surface area contributed by atoms with Gasteiger partial charge in [0.1, 0.15) is 18.4 Å². The van der Waals surface area contributed by atoms with E-state index in [1.807, 2.05) is 6.92 Å². The van der Waals surface area contributed by atoms with Crippen molar-refractivity contribution in [2.45, 2.75) is 20.0 Å². The number of hydrogen-bond acceptors (Lipinski definition) is 10. The van der Waals surface area contributed by atoms with Gasteiger partial charge in [0.05, 0.1) is 13.3 Å². The first-order chi connectivity index (χ1) is 13.4. The molecule has 6 N–H and O–H groups in total. The number of aromatic amines is 1. The fourth-order valence-electron chi connectivity index (χ4n) is 2.08. The SMILES string of the molecule is CCNC(=O)OCC1CO1.CCNC(=O)OCN1CNc2c1nc(N)[nH]c2=O. The quantitative estimate of drug-likeness (QED) is 0.387. The summed E-state index contributed by atoms with van der Waals surface area (Å²) in [6.07, 6.45) is -0.732. The van der Waals surface area contributed by atoms with Crippen molar-refractivity contribution in [3.8, 4) is 0 Å². The number of nitrogens with one attached hydrogen (secondary N) is 4. The van der Waals surface area contributed by atoms with Gasteiger partial charge in [-0.2, -0.15) is 4.98 Å². The van der Waals surface area contributed by atoms with Crippen molar-refractivity contribution in [2.24, 2.45) is 0 Å². The first-order valence-electron chi connectivity index (χ1n) is 8.76. The van der Waals surface area contributed by atoms with Crippen LogP contribution in [0.3, 0.4) is 0 Å². The average Bonchev–Trinajstić information content (AvgIpc) is 3.39. The van der Waals surface area contributed by atoms with Crippen LogP contribution in [0.15, 0.2) is 4.79 Å². The smallest absolute Gasteiger partial charge is 0.408 e. The molecule has 13 heteroatoms. The lowest BCUT2D eigenvalue weighted by Crippen LogP contribution is -2.32. The molecule has 0 spiro atoms. The van der Waals surface area contributed by atoms with Crippen LogP contribution in [0.1, 0.15) is 13.8 Å². The summed E-state index contributed by atoms with van der Waals surface area (Å²) in [5.74, 6) is 0.394. The van der Waals surface area contributed by atoms with Gasteiger partial charge in [-0.15, -0.1) is 0 Å². The highest BCUT2D eigenvalue weighted by molar-refractivity contribution is 5.71. The van der Waals surface area contributed by atoms with E-state index >= 15 is 0 Å². The van der Waals surface area contributed by atoms with E-state index in [9.17, 15) is 14.4 Å². The van der Waals surface area contributed by atoms with Gasteiger partial charge in [-0.3, -0.25) is 9.78 Å². The first kappa shape index (κ1) is 21.1. The van der Waals surface area contributed by atoms with Crippen molar-refractivity contribution in [3.63, 3.8) is 0 Å². The Bertz CT molecular complexity index is 736. The normalized spacial score (nSPS) is 16.1. The maximum absolute atomic E-state index is 11.5. The molecular formula is C15H25N7O6. The molecule has 0 aromatic carbocycles. The van der Waals surface area contributed by atoms with Crippen LogP contribution in [0.4, 0.5) is 27.0 Å². The molecule has 13 nitrogen and oxygen atoms in total. The lowest BCUT2D eigenvalue weighted by Gasteiger charge is -2.16. The number of amides is 2. The van der Waals surface area contributed by atoms with Gasteiger partial charge in [0, 0.05) is 13.1 Å². The third kappa shape index (κ3) is 6.50. The summed E-state index contributed by atoms with van der Waals surface area (Å²) >= 11 is 0. The van der Waals surface area contributed by atoms with E-state index in [1.54, 1.807) is 11.8 Å². The van der Waals surface area contributed by atoms with Gasteiger partial charge >= 0.3 is 12.2 Å². The fraction of sp³-hybridized carbons (Fsp3) is 0.600. The Labute approximate surface area is 160 Å². The van der Waals surface area contributed by atoms with Crippen molar-refractivity contribution < 1.29 is 23.8 Å². The summed E-state index contributed by atoms with van der Waals surface area (Å²) in [7, 11) is 0. The minimum absolute atomic E-state index is 0.0122. The van der Waals surface area contributed by atoms with Crippen LogP contribution in [0.25, 0.3) is 0 Å². The van der Waals surface area contributed by atoms with E-state index in [0.29, 0.717) is 37.9 Å². The number of nitrogens with two attached hydrogens (primary N) is 1. The average molecular weight is 399 g/mol. The predicted octanol–water partition coefficient (Wildman–Crippen LogP) is -0.624. The standard InChI is InChI=1S/C9H14N6O3.C6H11NO3/c1-2-11-9(17)18-4-15-3-12-5-6(15)13-8(10)14-7(5)16;1-2-7-6(8)10-4-5-3-9-5/h12H,2-4H2,1H3,(H,11,17)(H3,10,13,14,16);5H,2-4H2,1H3,(H,7,8). The van der Waals surface area contributed by atoms with Crippen LogP contribution < -0.4 is 32.1 Å². The molecule has 0 aliphatic carbocycles. The third-order valence-electron chi connectivity index (χ3n) is 3.46. The number of ether oxygens (including phenoxy) is 3. The number of hydrogen-bond donors (Lipinski definition) is 5. The molecule has 1 aromatic heterocycles. The molecule has 1 saturated heterocycles. The summed E-state index contributed by atoms with van der Waals surface area (Å²) in [6.45, 7) is 6.13. The number of carbonyl (C=O) groups excluding carboxylic acids is 2. The van der Waals surface area contributed by atoms with E-state index in [-0.39, 0.29) is 30.4 Å². The summed E-state index contributed by atoms with van der Waals surface area (Å²) in [5.41, 5.74) is 5.43. The molecule has 2 aliphatic rings. The highest BCUT2D eigenvalue weighted by Gasteiger charge is 2.25. The van der Waals surface area contributed by atoms with E-state index < -0.39 is 6.09 Å². The number of fused-ring (bicyclic) bond motifs is 1. The molecular weight excluding hydrogens is 374 g/mol. The Balaban J connectivity index is 0.000000237. The Morgan fingerprint density at radius 1 is 1.29 bits per heavy atom. The zero-order valence-corrected chi connectivity index (χ0v) is 15.7. The molecule has 2 amide bonds. The van der Waals surface area contributed by atoms with Crippen LogP contribution in [-0.2, 0) is 14.2 Å². The van der Waals surface area contributed by atoms with Crippen LogP contribution in [0.5, 0.6) is 0 Å². The number of alkyl carbamates (subject to hydrolysis) is 2. The summed E-state index contributed by atoms with van der Waals surface area (Å²) in [5, 5.41) is 7.86. The topological polar surface area (TPSA) is 176 Å². The molecule has 156 valence electrons. The van der Waals surface area contributed by atoms with Crippen molar-refractivity contribution in [2.75, 3.05) is 55.7 Å². The van der Waals surface area contributed by atoms with Crippen molar-refractivity contribution >= 4 is 29.6 Å². The zero-order chi connectivity index (χ0) is 20.5. The lowest BCUT2D eigenvalue weighted by molar-refractivity contribution is 0.136. The monoisotopic (exact) mass is 399 g/mol. The first-order valence-corrected chi connectivity index (χ1v) is 8.76. The second-order valence-electron chi connectivity index (χ2n) is 5.70. The van der Waals surface area contributed by atoms with Gasteiger partial charge in [0.25, 0.3) is 5.56 Å². The number of nitrogens with zero attached hydrogens (tertiary/aromatic N) is 2. The van der Waals surface area contributed by atoms with Crippen molar-refractivity contribution in [1.29, 1.82) is 0 Å². The maximum Gasteiger partial charge on any atom is 0.408 e. The molecule has 0 radical (unpaired) electrons. The second kappa shape index (κ2) is 10.2. The van der Waals surface area contributed by atoms with Crippen LogP contribution in [0.2, 0.25) is 0 Å². The second-order valence-corrected chi connectivity index (χ2v) is 5.70. The molecule has 3 rings (SSSR count). The van der Waals surface area contributed by atoms with Gasteiger partial charge in [0.15, 0.2) is 12.5 Å². The van der Waals surface area contributed by atoms with E-state index in [2.05, 4.69) is 25.9 Å². The van der Waals surface area contributed by atoms with Gasteiger partial charge in [-0.05, 0) is 13.8 Å². The van der Waals surface area contributed by atoms with Gasteiger partial charge < -0.3 is 40.8 Å². The van der Waals surface area contributed by atoms with Crippen molar-refractivity contribution in [1.82, 2.24) is 20.6 Å². The molecule has 28 heavy (non-hydrogen) atoms. The molecule has 2 aliphatic heterocycles. The van der Waals surface area contributed by atoms with Gasteiger partial charge in [-0.25, -0.2) is 9.59 Å². The number of rotatable bonds is 6. The third-order valence-corrected chi connectivity index (χ3v) is 3.46. The van der Waals surface area contributed by atoms with Gasteiger partial charge in [0.2, 0.25) is 5.95 Å². The number of H-pyrrole nitrogens is 1. The highest BCUT2D eigenvalue weighted by atomic mass is 16.6. The molecule has 1 unspecified atom stereocenters. The molecule has 1 fully saturated rings. The molecule has 1 aromatic rings. The van der Waals surface area contributed by atoms with Crippen molar-refractivity contribution in [3.05, 3.63) is 10.4 Å². The lowest BCUT2D eigenvalue weighted by atomic mass is 10.5. The Morgan fingerprint density at radius 2 is 1.93 bits per heavy atom.